The summed E-state index contributed by atoms with van der Waals surface area (Å²) in [5.41, 5.74) is -0.0295. The Bertz CT molecular complexity index is 1270. The van der Waals surface area contributed by atoms with Crippen LogP contribution in [0.1, 0.15) is 32.5 Å². The molecule has 0 saturated heterocycles. The standard InChI is InChI=1S/C20H18FNO7S2/c1-3-28-20(24)18-13(17-14(21)5-4-6-16(17)30-18)10-29-19(23)12-9-11(31(22,25)26)7-8-15(12)27-2/h4-9H,3,10H2,1-2H3,(H2,22,25,26). The smallest absolute Gasteiger partial charge is 0.348 e. The van der Waals surface area contributed by atoms with Gasteiger partial charge in [-0.15, -0.1) is 11.3 Å². The number of hydrogen-bond acceptors (Lipinski definition) is 8. The number of benzene rings is 2. The van der Waals surface area contributed by atoms with E-state index in [0.717, 1.165) is 17.4 Å². The zero-order valence-electron chi connectivity index (χ0n) is 16.5. The number of sulfonamides is 1. The first-order valence-electron chi connectivity index (χ1n) is 8.92. The first-order valence-corrected chi connectivity index (χ1v) is 11.3. The Morgan fingerprint density at radius 2 is 1.87 bits per heavy atom. The van der Waals surface area contributed by atoms with Crippen LogP contribution in [0.2, 0.25) is 0 Å². The zero-order chi connectivity index (χ0) is 22.8. The van der Waals surface area contributed by atoms with Crippen LogP contribution in [-0.2, 0) is 26.1 Å². The third kappa shape index (κ3) is 4.68. The molecule has 0 amide bonds. The first kappa shape index (κ1) is 22.7. The Morgan fingerprint density at radius 1 is 1.13 bits per heavy atom. The lowest BCUT2D eigenvalue weighted by molar-refractivity contribution is 0.0451. The van der Waals surface area contributed by atoms with Gasteiger partial charge in [0.2, 0.25) is 10.0 Å². The van der Waals surface area contributed by atoms with Crippen molar-refractivity contribution >= 4 is 43.4 Å². The van der Waals surface area contributed by atoms with Gasteiger partial charge in [0.15, 0.2) is 0 Å². The van der Waals surface area contributed by atoms with Crippen LogP contribution >= 0.6 is 11.3 Å². The predicted molar refractivity (Wildman–Crippen MR) is 111 cm³/mol. The molecule has 0 saturated carbocycles. The quantitative estimate of drug-likeness (QED) is 0.529. The van der Waals surface area contributed by atoms with Crippen molar-refractivity contribution in [3.8, 4) is 5.75 Å². The van der Waals surface area contributed by atoms with E-state index in [1.54, 1.807) is 13.0 Å². The summed E-state index contributed by atoms with van der Waals surface area (Å²) in [5.74, 6) is -2.12. The van der Waals surface area contributed by atoms with Crippen LogP contribution in [0.5, 0.6) is 5.75 Å². The summed E-state index contributed by atoms with van der Waals surface area (Å²) in [4.78, 5) is 24.8. The van der Waals surface area contributed by atoms with Crippen LogP contribution in [-0.4, -0.2) is 34.1 Å². The third-order valence-electron chi connectivity index (χ3n) is 4.29. The van der Waals surface area contributed by atoms with Gasteiger partial charge in [-0.05, 0) is 37.3 Å². The Labute approximate surface area is 181 Å². The van der Waals surface area contributed by atoms with E-state index >= 15 is 0 Å². The summed E-state index contributed by atoms with van der Waals surface area (Å²) in [7, 11) is -2.78. The normalized spacial score (nSPS) is 11.4. The minimum absolute atomic E-state index is 0.0596. The van der Waals surface area contributed by atoms with Crippen molar-refractivity contribution in [3.63, 3.8) is 0 Å². The fourth-order valence-corrected chi connectivity index (χ4v) is 4.56. The molecule has 0 atom stereocenters. The van der Waals surface area contributed by atoms with Gasteiger partial charge in [-0.3, -0.25) is 0 Å². The van der Waals surface area contributed by atoms with Crippen molar-refractivity contribution in [2.24, 2.45) is 5.14 Å². The lowest BCUT2D eigenvalue weighted by atomic mass is 10.1. The van der Waals surface area contributed by atoms with Crippen LogP contribution in [0.3, 0.4) is 0 Å². The van der Waals surface area contributed by atoms with E-state index < -0.39 is 34.4 Å². The molecule has 0 aliphatic carbocycles. The molecular formula is C20H18FNO7S2. The molecule has 0 aliphatic heterocycles. The minimum Gasteiger partial charge on any atom is -0.496 e. The van der Waals surface area contributed by atoms with Crippen molar-refractivity contribution < 1.29 is 36.6 Å². The van der Waals surface area contributed by atoms with E-state index in [1.165, 1.54) is 31.4 Å². The van der Waals surface area contributed by atoms with Gasteiger partial charge >= 0.3 is 11.9 Å². The Kier molecular flexibility index (Phi) is 6.58. The van der Waals surface area contributed by atoms with Crippen molar-refractivity contribution in [3.05, 3.63) is 58.2 Å². The summed E-state index contributed by atoms with van der Waals surface area (Å²) < 4.78 is 53.6. The summed E-state index contributed by atoms with van der Waals surface area (Å²) in [6, 6.07) is 7.84. The molecule has 8 nitrogen and oxygen atoms in total. The number of primary sulfonamides is 1. The highest BCUT2D eigenvalue weighted by molar-refractivity contribution is 7.89. The van der Waals surface area contributed by atoms with Gasteiger partial charge in [0, 0.05) is 15.6 Å². The van der Waals surface area contributed by atoms with Crippen molar-refractivity contribution in [1.29, 1.82) is 0 Å². The first-order chi connectivity index (χ1) is 14.7. The highest BCUT2D eigenvalue weighted by Gasteiger charge is 2.24. The molecule has 0 fully saturated rings. The van der Waals surface area contributed by atoms with Crippen molar-refractivity contribution in [2.75, 3.05) is 13.7 Å². The van der Waals surface area contributed by atoms with E-state index in [0.29, 0.717) is 4.70 Å². The van der Waals surface area contributed by atoms with Crippen LogP contribution in [0.25, 0.3) is 10.1 Å². The lowest BCUT2D eigenvalue weighted by Gasteiger charge is -2.11. The number of ether oxygens (including phenoxy) is 3. The Morgan fingerprint density at radius 3 is 2.52 bits per heavy atom. The molecule has 164 valence electrons. The van der Waals surface area contributed by atoms with Gasteiger partial charge in [0.1, 0.15) is 28.6 Å². The highest BCUT2D eigenvalue weighted by Crippen LogP contribution is 2.35. The molecule has 1 heterocycles. The van der Waals surface area contributed by atoms with E-state index in [-0.39, 0.29) is 38.6 Å². The number of hydrogen-bond donors (Lipinski definition) is 1. The van der Waals surface area contributed by atoms with Gasteiger partial charge in [-0.2, -0.15) is 0 Å². The largest absolute Gasteiger partial charge is 0.496 e. The van der Waals surface area contributed by atoms with Crippen molar-refractivity contribution in [2.45, 2.75) is 18.4 Å². The predicted octanol–water partition coefficient (Wildman–Crippen LogP) is 3.23. The van der Waals surface area contributed by atoms with Crippen LogP contribution in [0.4, 0.5) is 4.39 Å². The van der Waals surface area contributed by atoms with Gasteiger partial charge < -0.3 is 14.2 Å². The number of esters is 2. The van der Waals surface area contributed by atoms with E-state index in [9.17, 15) is 22.4 Å². The number of nitrogens with two attached hydrogens (primary N) is 1. The van der Waals surface area contributed by atoms with E-state index in [2.05, 4.69) is 0 Å². The molecule has 2 aromatic carbocycles. The molecule has 3 aromatic rings. The van der Waals surface area contributed by atoms with Crippen molar-refractivity contribution in [1.82, 2.24) is 0 Å². The van der Waals surface area contributed by atoms with Crippen LogP contribution < -0.4 is 9.88 Å². The van der Waals surface area contributed by atoms with Gasteiger partial charge in [-0.1, -0.05) is 6.07 Å². The summed E-state index contributed by atoms with van der Waals surface area (Å²) in [5, 5.41) is 5.26. The monoisotopic (exact) mass is 467 g/mol. The topological polar surface area (TPSA) is 122 Å². The van der Waals surface area contributed by atoms with E-state index in [4.69, 9.17) is 19.3 Å². The number of thiophene rings is 1. The Hall–Kier alpha value is -3.02. The van der Waals surface area contributed by atoms with Gasteiger partial charge in [-0.25, -0.2) is 27.5 Å². The molecule has 1 aromatic heterocycles. The number of carbonyl (C=O) groups is 2. The summed E-state index contributed by atoms with van der Waals surface area (Å²) >= 11 is 1.02. The SMILES string of the molecule is CCOC(=O)c1sc2cccc(F)c2c1COC(=O)c1cc(S(N)(=O)=O)ccc1OC. The average molecular weight is 467 g/mol. The van der Waals surface area contributed by atoms with Crippen LogP contribution in [0, 0.1) is 5.82 Å². The maximum Gasteiger partial charge on any atom is 0.348 e. The summed E-state index contributed by atoms with van der Waals surface area (Å²) in [6.07, 6.45) is 0. The fourth-order valence-electron chi connectivity index (χ4n) is 2.91. The summed E-state index contributed by atoms with van der Waals surface area (Å²) in [6.45, 7) is 1.30. The number of fused-ring (bicyclic) bond motifs is 1. The molecule has 0 bridgehead atoms. The number of rotatable bonds is 7. The average Bonchev–Trinajstić information content (AvgIpc) is 3.11. The second-order valence-electron chi connectivity index (χ2n) is 6.23. The number of halogens is 1. The second kappa shape index (κ2) is 9.00. The molecule has 2 N–H and O–H groups in total. The number of carbonyl (C=O) groups excluding carboxylic acids is 2. The van der Waals surface area contributed by atoms with Crippen LogP contribution in [0.15, 0.2) is 41.3 Å². The molecule has 0 aliphatic rings. The molecular weight excluding hydrogens is 449 g/mol. The Balaban J connectivity index is 1.99. The second-order valence-corrected chi connectivity index (χ2v) is 8.84. The maximum atomic E-state index is 14.5. The molecule has 0 radical (unpaired) electrons. The van der Waals surface area contributed by atoms with Gasteiger partial charge in [0.05, 0.1) is 18.6 Å². The maximum absolute atomic E-state index is 14.5. The molecule has 31 heavy (non-hydrogen) atoms. The molecule has 11 heteroatoms. The minimum atomic E-state index is -4.07. The highest BCUT2D eigenvalue weighted by atomic mass is 32.2. The lowest BCUT2D eigenvalue weighted by Crippen LogP contribution is -2.15. The molecule has 0 unspecified atom stereocenters. The third-order valence-corrected chi connectivity index (χ3v) is 6.38. The fraction of sp³-hybridized carbons (Fsp3) is 0.200. The number of methoxy groups -OCH3 is 1. The van der Waals surface area contributed by atoms with Gasteiger partial charge in [0.25, 0.3) is 0 Å². The zero-order valence-corrected chi connectivity index (χ0v) is 18.1. The molecule has 3 rings (SSSR count). The van der Waals surface area contributed by atoms with E-state index in [1.807, 2.05) is 0 Å². The molecule has 0 spiro atoms.